The van der Waals surface area contributed by atoms with Crippen LogP contribution in [0.15, 0.2) is 24.3 Å². The molecule has 0 saturated carbocycles. The zero-order valence-corrected chi connectivity index (χ0v) is 8.70. The Kier molecular flexibility index (Phi) is 3.02. The van der Waals surface area contributed by atoms with E-state index in [2.05, 4.69) is 12.3 Å². The molecule has 1 saturated heterocycles. The molecule has 1 N–H and O–H groups in total. The quantitative estimate of drug-likeness (QED) is 0.792. The van der Waals surface area contributed by atoms with Crippen molar-refractivity contribution in [1.82, 2.24) is 10.4 Å². The van der Waals surface area contributed by atoms with E-state index in [-0.39, 0.29) is 5.91 Å². The van der Waals surface area contributed by atoms with Crippen LogP contribution in [0.3, 0.4) is 0 Å². The van der Waals surface area contributed by atoms with Crippen LogP contribution >= 0.6 is 0 Å². The molecular formula is C12H15N2O. The van der Waals surface area contributed by atoms with Crippen molar-refractivity contribution in [1.29, 1.82) is 0 Å². The van der Waals surface area contributed by atoms with Crippen molar-refractivity contribution in [3.05, 3.63) is 42.3 Å². The van der Waals surface area contributed by atoms with Crippen LogP contribution < -0.4 is 5.43 Å². The Bertz CT molecular complexity index is 356. The zero-order chi connectivity index (χ0) is 10.7. The van der Waals surface area contributed by atoms with Crippen LogP contribution in [0.1, 0.15) is 28.8 Å². The van der Waals surface area contributed by atoms with Crippen LogP contribution in [-0.2, 0) is 0 Å². The SMILES string of the molecule is [CH2]c1cccc(C(=O)NN2CCCC2)c1. The van der Waals surface area contributed by atoms with Crippen molar-refractivity contribution in [2.24, 2.45) is 0 Å². The first-order valence-electron chi connectivity index (χ1n) is 5.24. The van der Waals surface area contributed by atoms with Gasteiger partial charge in [0.15, 0.2) is 0 Å². The smallest absolute Gasteiger partial charge is 0.265 e. The van der Waals surface area contributed by atoms with Crippen molar-refractivity contribution >= 4 is 5.91 Å². The first-order valence-corrected chi connectivity index (χ1v) is 5.24. The molecule has 0 bridgehead atoms. The average molecular weight is 203 g/mol. The fraction of sp³-hybridized carbons (Fsp3) is 0.333. The summed E-state index contributed by atoms with van der Waals surface area (Å²) in [5, 5.41) is 1.97. The highest BCUT2D eigenvalue weighted by Crippen LogP contribution is 2.07. The summed E-state index contributed by atoms with van der Waals surface area (Å²) >= 11 is 0. The molecule has 1 radical (unpaired) electrons. The minimum absolute atomic E-state index is 0.0394. The summed E-state index contributed by atoms with van der Waals surface area (Å²) in [7, 11) is 0. The molecule has 0 aliphatic carbocycles. The molecule has 15 heavy (non-hydrogen) atoms. The number of hydrogen-bond donors (Lipinski definition) is 1. The lowest BCUT2D eigenvalue weighted by molar-refractivity contribution is 0.0826. The number of hydrazine groups is 1. The maximum atomic E-state index is 11.8. The maximum Gasteiger partial charge on any atom is 0.265 e. The molecule has 1 aromatic carbocycles. The van der Waals surface area contributed by atoms with Crippen molar-refractivity contribution in [3.63, 3.8) is 0 Å². The van der Waals surface area contributed by atoms with Crippen molar-refractivity contribution < 1.29 is 4.79 Å². The predicted octanol–water partition coefficient (Wildman–Crippen LogP) is 1.61. The Morgan fingerprint density at radius 3 is 2.73 bits per heavy atom. The van der Waals surface area contributed by atoms with Gasteiger partial charge in [-0.05, 0) is 37.5 Å². The molecule has 1 fully saturated rings. The number of benzene rings is 1. The molecule has 2 rings (SSSR count). The number of rotatable bonds is 2. The monoisotopic (exact) mass is 203 g/mol. The van der Waals surface area contributed by atoms with Gasteiger partial charge in [-0.2, -0.15) is 0 Å². The fourth-order valence-corrected chi connectivity index (χ4v) is 1.75. The van der Waals surface area contributed by atoms with Gasteiger partial charge < -0.3 is 0 Å². The lowest BCUT2D eigenvalue weighted by atomic mass is 10.1. The molecule has 0 spiro atoms. The summed E-state index contributed by atoms with van der Waals surface area (Å²) in [5.74, 6) is -0.0394. The molecule has 0 aromatic heterocycles. The molecule has 1 heterocycles. The molecule has 1 aliphatic heterocycles. The number of hydrogen-bond acceptors (Lipinski definition) is 2. The van der Waals surface area contributed by atoms with Crippen molar-refractivity contribution in [2.75, 3.05) is 13.1 Å². The Morgan fingerprint density at radius 2 is 2.07 bits per heavy atom. The van der Waals surface area contributed by atoms with Gasteiger partial charge in [-0.15, -0.1) is 0 Å². The molecule has 3 nitrogen and oxygen atoms in total. The summed E-state index contributed by atoms with van der Waals surface area (Å²) in [4.78, 5) is 11.8. The summed E-state index contributed by atoms with van der Waals surface area (Å²) in [6, 6.07) is 7.33. The van der Waals surface area contributed by atoms with Crippen LogP contribution in [0.5, 0.6) is 0 Å². The third-order valence-electron chi connectivity index (χ3n) is 2.55. The third kappa shape index (κ3) is 2.57. The van der Waals surface area contributed by atoms with Crippen LogP contribution in [0.4, 0.5) is 0 Å². The lowest BCUT2D eigenvalue weighted by Crippen LogP contribution is -2.39. The van der Waals surface area contributed by atoms with Crippen molar-refractivity contribution in [2.45, 2.75) is 12.8 Å². The van der Waals surface area contributed by atoms with Gasteiger partial charge in [0.2, 0.25) is 0 Å². The van der Waals surface area contributed by atoms with E-state index < -0.39 is 0 Å². The first kappa shape index (κ1) is 10.2. The highest BCUT2D eigenvalue weighted by molar-refractivity contribution is 5.94. The largest absolute Gasteiger partial charge is 0.285 e. The number of nitrogens with one attached hydrogen (secondary N) is 1. The lowest BCUT2D eigenvalue weighted by Gasteiger charge is -2.16. The van der Waals surface area contributed by atoms with E-state index in [1.807, 2.05) is 17.1 Å². The molecule has 1 amide bonds. The van der Waals surface area contributed by atoms with E-state index in [9.17, 15) is 4.79 Å². The standard InChI is InChI=1S/C12H15N2O/c1-10-5-4-6-11(9-10)12(15)13-14-7-2-3-8-14/h4-6,9H,1-3,7-8H2,(H,13,15). The molecule has 0 unspecified atom stereocenters. The summed E-state index contributed by atoms with van der Waals surface area (Å²) in [6.07, 6.45) is 2.32. The molecule has 1 aromatic rings. The number of carbonyl (C=O) groups is 1. The van der Waals surface area contributed by atoms with E-state index in [1.165, 1.54) is 0 Å². The Hall–Kier alpha value is -1.35. The molecule has 79 valence electrons. The van der Waals surface area contributed by atoms with E-state index in [4.69, 9.17) is 0 Å². The average Bonchev–Trinajstić information content (AvgIpc) is 2.70. The Balaban J connectivity index is 2.01. The Labute approximate surface area is 90.1 Å². The summed E-state index contributed by atoms with van der Waals surface area (Å²) in [5.41, 5.74) is 4.43. The van der Waals surface area contributed by atoms with Crippen LogP contribution in [0.2, 0.25) is 0 Å². The normalized spacial score (nSPS) is 16.6. The topological polar surface area (TPSA) is 32.3 Å². The van der Waals surface area contributed by atoms with Crippen LogP contribution in [-0.4, -0.2) is 24.0 Å². The van der Waals surface area contributed by atoms with E-state index in [1.54, 1.807) is 12.1 Å². The number of nitrogens with zero attached hydrogens (tertiary/aromatic N) is 1. The van der Waals surface area contributed by atoms with Gasteiger partial charge in [0, 0.05) is 18.7 Å². The minimum atomic E-state index is -0.0394. The Morgan fingerprint density at radius 1 is 1.33 bits per heavy atom. The van der Waals surface area contributed by atoms with Crippen molar-refractivity contribution in [3.8, 4) is 0 Å². The molecule has 0 atom stereocenters. The minimum Gasteiger partial charge on any atom is -0.285 e. The van der Waals surface area contributed by atoms with Gasteiger partial charge in [0.05, 0.1) is 0 Å². The van der Waals surface area contributed by atoms with Gasteiger partial charge in [0.25, 0.3) is 5.91 Å². The van der Waals surface area contributed by atoms with E-state index >= 15 is 0 Å². The van der Waals surface area contributed by atoms with E-state index in [0.717, 1.165) is 31.5 Å². The molecular weight excluding hydrogens is 188 g/mol. The highest BCUT2D eigenvalue weighted by Gasteiger charge is 2.14. The fourth-order valence-electron chi connectivity index (χ4n) is 1.75. The van der Waals surface area contributed by atoms with E-state index in [0.29, 0.717) is 5.56 Å². The first-order chi connectivity index (χ1) is 7.25. The third-order valence-corrected chi connectivity index (χ3v) is 2.55. The van der Waals surface area contributed by atoms with Gasteiger partial charge in [-0.25, -0.2) is 5.01 Å². The summed E-state index contributed by atoms with van der Waals surface area (Å²) in [6.45, 7) is 5.71. The van der Waals surface area contributed by atoms with Crippen LogP contribution in [0.25, 0.3) is 0 Å². The van der Waals surface area contributed by atoms with Gasteiger partial charge in [-0.3, -0.25) is 10.2 Å². The maximum absolute atomic E-state index is 11.8. The number of amides is 1. The zero-order valence-electron chi connectivity index (χ0n) is 8.70. The van der Waals surface area contributed by atoms with Gasteiger partial charge >= 0.3 is 0 Å². The van der Waals surface area contributed by atoms with Gasteiger partial charge in [-0.1, -0.05) is 12.1 Å². The second-order valence-corrected chi connectivity index (χ2v) is 3.84. The second kappa shape index (κ2) is 4.45. The second-order valence-electron chi connectivity index (χ2n) is 3.84. The summed E-state index contributed by atoms with van der Waals surface area (Å²) < 4.78 is 0. The van der Waals surface area contributed by atoms with Gasteiger partial charge in [0.1, 0.15) is 0 Å². The molecule has 3 heteroatoms. The number of carbonyl (C=O) groups excluding carboxylic acids is 1. The van der Waals surface area contributed by atoms with Crippen LogP contribution in [0, 0.1) is 6.92 Å². The highest BCUT2D eigenvalue weighted by atomic mass is 16.2. The predicted molar refractivity (Wildman–Crippen MR) is 59.2 cm³/mol. The molecule has 1 aliphatic rings.